The number of hydrogen-bond donors (Lipinski definition) is 3. The maximum absolute atomic E-state index is 13.8. The molecular weight excluding hydrogens is 449 g/mol. The van der Waals surface area contributed by atoms with Crippen LogP contribution in [0.2, 0.25) is 0 Å². The van der Waals surface area contributed by atoms with Crippen molar-refractivity contribution in [3.8, 4) is 5.75 Å². The molecule has 2 aromatic carbocycles. The predicted molar refractivity (Wildman–Crippen MR) is 132 cm³/mol. The predicted octanol–water partition coefficient (Wildman–Crippen LogP) is 3.84. The Morgan fingerprint density at radius 3 is 2.80 bits per heavy atom. The monoisotopic (exact) mass is 473 g/mol. The molecule has 1 fully saturated rings. The molecule has 10 heteroatoms. The van der Waals surface area contributed by atoms with E-state index < -0.39 is 11.9 Å². The Hall–Kier alpha value is -4.34. The molecule has 0 bridgehead atoms. The van der Waals surface area contributed by atoms with Gasteiger partial charge in [-0.1, -0.05) is 12.1 Å². The number of nitrogens with two attached hydrogens (primary N) is 1. The molecule has 2 heterocycles. The summed E-state index contributed by atoms with van der Waals surface area (Å²) >= 11 is 0. The van der Waals surface area contributed by atoms with Crippen LogP contribution >= 0.6 is 0 Å². The number of anilines is 2. The van der Waals surface area contributed by atoms with Crippen molar-refractivity contribution < 1.29 is 9.13 Å². The first-order chi connectivity index (χ1) is 16.9. The maximum atomic E-state index is 13.8. The zero-order valence-corrected chi connectivity index (χ0v) is 19.2. The van der Waals surface area contributed by atoms with Crippen molar-refractivity contribution >= 4 is 28.3 Å². The van der Waals surface area contributed by atoms with Crippen molar-refractivity contribution in [3.05, 3.63) is 81.9 Å². The van der Waals surface area contributed by atoms with E-state index in [9.17, 15) is 9.18 Å². The van der Waals surface area contributed by atoms with Gasteiger partial charge in [0, 0.05) is 11.6 Å². The third-order valence-corrected chi connectivity index (χ3v) is 6.03. The van der Waals surface area contributed by atoms with Crippen LogP contribution in [-0.2, 0) is 0 Å². The van der Waals surface area contributed by atoms with Crippen molar-refractivity contribution in [3.63, 3.8) is 0 Å². The van der Waals surface area contributed by atoms with Crippen molar-refractivity contribution in [2.75, 3.05) is 18.2 Å². The van der Waals surface area contributed by atoms with Gasteiger partial charge in [0.1, 0.15) is 35.4 Å². The molecule has 178 valence electrons. The molecule has 4 N–H and O–H groups in total. The average molecular weight is 474 g/mol. The second-order valence-corrected chi connectivity index (χ2v) is 8.49. The van der Waals surface area contributed by atoms with Crippen LogP contribution in [0.15, 0.2) is 53.6 Å². The van der Waals surface area contributed by atoms with Gasteiger partial charge < -0.3 is 15.8 Å². The molecule has 35 heavy (non-hydrogen) atoms. The minimum absolute atomic E-state index is 0.0203. The van der Waals surface area contributed by atoms with Crippen LogP contribution in [0.5, 0.6) is 5.75 Å². The lowest BCUT2D eigenvalue weighted by Gasteiger charge is -2.21. The Balaban J connectivity index is 1.56. The molecule has 1 aliphatic carbocycles. The summed E-state index contributed by atoms with van der Waals surface area (Å²) in [4.78, 5) is 26.4. The molecule has 5 rings (SSSR count). The molecule has 0 amide bonds. The zero-order valence-electron chi connectivity index (χ0n) is 19.2. The molecule has 1 saturated carbocycles. The second-order valence-electron chi connectivity index (χ2n) is 8.49. The highest BCUT2D eigenvalue weighted by Gasteiger charge is 2.30. The summed E-state index contributed by atoms with van der Waals surface area (Å²) in [5.41, 5.74) is 7.36. The summed E-state index contributed by atoms with van der Waals surface area (Å²) in [5.74, 6) is 1.12. The van der Waals surface area contributed by atoms with Crippen LogP contribution in [0.4, 0.5) is 16.0 Å². The number of ether oxygens (including phenoxy) is 1. The molecular formula is C25H24FN7O2. The Kier molecular flexibility index (Phi) is 5.64. The largest absolute Gasteiger partial charge is 0.497 e. The van der Waals surface area contributed by atoms with Gasteiger partial charge in [0.2, 0.25) is 0 Å². The van der Waals surface area contributed by atoms with Gasteiger partial charge in [0.25, 0.3) is 5.56 Å². The first-order valence-electron chi connectivity index (χ1n) is 11.2. The Morgan fingerprint density at radius 1 is 1.26 bits per heavy atom. The normalized spacial score (nSPS) is 14.0. The van der Waals surface area contributed by atoms with E-state index in [-0.39, 0.29) is 28.5 Å². The third-order valence-electron chi connectivity index (χ3n) is 6.03. The molecule has 4 aromatic rings. The lowest BCUT2D eigenvalue weighted by atomic mass is 10.0. The number of benzene rings is 2. The first-order valence-corrected chi connectivity index (χ1v) is 11.2. The summed E-state index contributed by atoms with van der Waals surface area (Å²) in [6, 6.07) is 10.7. The minimum Gasteiger partial charge on any atom is -0.497 e. The molecule has 0 spiro atoms. The number of hydrogen-bond acceptors (Lipinski definition) is 8. The van der Waals surface area contributed by atoms with Crippen LogP contribution in [0.3, 0.4) is 0 Å². The van der Waals surface area contributed by atoms with Gasteiger partial charge in [0.15, 0.2) is 0 Å². The van der Waals surface area contributed by atoms with Crippen LogP contribution in [0, 0.1) is 11.2 Å². The molecule has 1 atom stereocenters. The van der Waals surface area contributed by atoms with Gasteiger partial charge in [-0.25, -0.2) is 19.3 Å². The lowest BCUT2D eigenvalue weighted by Crippen LogP contribution is -2.28. The molecule has 1 unspecified atom stereocenters. The van der Waals surface area contributed by atoms with Crippen molar-refractivity contribution in [1.29, 1.82) is 5.41 Å². The van der Waals surface area contributed by atoms with Gasteiger partial charge in [0.05, 0.1) is 35.3 Å². The Morgan fingerprint density at radius 2 is 2.06 bits per heavy atom. The van der Waals surface area contributed by atoms with E-state index in [2.05, 4.69) is 15.3 Å². The number of nitrogen functional groups attached to an aromatic ring is 1. The highest BCUT2D eigenvalue weighted by molar-refractivity contribution is 6.16. The lowest BCUT2D eigenvalue weighted by molar-refractivity contribution is 0.414. The van der Waals surface area contributed by atoms with Gasteiger partial charge in [-0.3, -0.25) is 14.8 Å². The van der Waals surface area contributed by atoms with Gasteiger partial charge >= 0.3 is 0 Å². The number of rotatable bonds is 7. The highest BCUT2D eigenvalue weighted by atomic mass is 19.1. The fourth-order valence-electron chi connectivity index (χ4n) is 4.13. The topological polar surface area (TPSA) is 132 Å². The number of halogens is 1. The highest BCUT2D eigenvalue weighted by Crippen LogP contribution is 2.36. The van der Waals surface area contributed by atoms with Gasteiger partial charge in [-0.15, -0.1) is 0 Å². The van der Waals surface area contributed by atoms with Crippen LogP contribution in [0.1, 0.15) is 48.8 Å². The molecule has 1 aliphatic rings. The average Bonchev–Trinajstić information content (AvgIpc) is 3.69. The van der Waals surface area contributed by atoms with Crippen LogP contribution in [-0.4, -0.2) is 32.3 Å². The van der Waals surface area contributed by atoms with E-state index in [4.69, 9.17) is 20.9 Å². The van der Waals surface area contributed by atoms with E-state index >= 15 is 0 Å². The number of fused-ring (bicyclic) bond motifs is 1. The van der Waals surface area contributed by atoms with Crippen molar-refractivity contribution in [1.82, 2.24) is 19.5 Å². The van der Waals surface area contributed by atoms with E-state index in [1.165, 1.54) is 24.5 Å². The van der Waals surface area contributed by atoms with Crippen LogP contribution < -0.4 is 21.3 Å². The van der Waals surface area contributed by atoms with Gasteiger partial charge in [-0.05, 0) is 50.1 Å². The molecule has 0 saturated heterocycles. The van der Waals surface area contributed by atoms with Crippen molar-refractivity contribution in [2.24, 2.45) is 0 Å². The Labute approximate surface area is 200 Å². The van der Waals surface area contributed by atoms with Crippen LogP contribution in [0.25, 0.3) is 10.9 Å². The van der Waals surface area contributed by atoms with Gasteiger partial charge in [-0.2, -0.15) is 0 Å². The van der Waals surface area contributed by atoms with E-state index in [1.54, 1.807) is 35.9 Å². The number of aromatic nitrogens is 4. The smallest absolute Gasteiger partial charge is 0.261 e. The maximum Gasteiger partial charge on any atom is 0.261 e. The molecule has 0 radical (unpaired) electrons. The van der Waals surface area contributed by atoms with E-state index in [0.29, 0.717) is 34.0 Å². The summed E-state index contributed by atoms with van der Waals surface area (Å²) in [7, 11) is 1.56. The standard InChI is InChI=1S/C25H24FN7O2/c1-13(24-32-19-9-6-15(26)11-18(19)25(34)33(24)16-7-8-16)31-23-20(22(28)29-12-30-23)21(27)14-4-3-5-17(10-14)35-2/h3-6,9-13,16,27H,7-8H2,1-2H3,(H3,28,29,30,31). The molecule has 9 nitrogen and oxygen atoms in total. The van der Waals surface area contributed by atoms with Crippen molar-refractivity contribution in [2.45, 2.75) is 31.8 Å². The second kappa shape index (κ2) is 8.79. The third kappa shape index (κ3) is 4.18. The minimum atomic E-state index is -0.477. The first kappa shape index (κ1) is 22.5. The molecule has 2 aromatic heterocycles. The SMILES string of the molecule is COc1cccc(C(=N)c2c(N)ncnc2NC(C)c2nc3ccc(F)cc3c(=O)n2C2CC2)c1. The van der Waals surface area contributed by atoms with E-state index in [0.717, 1.165) is 12.8 Å². The quantitative estimate of drug-likeness (QED) is 0.348. The number of methoxy groups -OCH3 is 1. The Bertz CT molecular complexity index is 1510. The van der Waals surface area contributed by atoms with E-state index in [1.807, 2.05) is 6.92 Å². The fraction of sp³-hybridized carbons (Fsp3) is 0.240. The summed E-state index contributed by atoms with van der Waals surface area (Å²) in [5, 5.41) is 12.3. The summed E-state index contributed by atoms with van der Waals surface area (Å²) in [6.07, 6.45) is 3.03. The summed E-state index contributed by atoms with van der Waals surface area (Å²) < 4.78 is 20.7. The zero-order chi connectivity index (χ0) is 24.7. The summed E-state index contributed by atoms with van der Waals surface area (Å²) in [6.45, 7) is 1.85. The fourth-order valence-corrected chi connectivity index (χ4v) is 4.13. The molecule has 0 aliphatic heterocycles. The number of nitrogens with one attached hydrogen (secondary N) is 2. The number of nitrogens with zero attached hydrogens (tertiary/aromatic N) is 4.